The fourth-order valence-corrected chi connectivity index (χ4v) is 2.80. The van der Waals surface area contributed by atoms with Crippen molar-refractivity contribution in [2.24, 2.45) is 5.84 Å². The molecule has 1 heterocycles. The summed E-state index contributed by atoms with van der Waals surface area (Å²) in [5, 5.41) is 0. The molecule has 0 bridgehead atoms. The summed E-state index contributed by atoms with van der Waals surface area (Å²) >= 11 is 3.53. The number of aromatic nitrogens is 1. The van der Waals surface area contributed by atoms with Crippen LogP contribution in [0.4, 0.5) is 0 Å². The van der Waals surface area contributed by atoms with Crippen LogP contribution in [0.3, 0.4) is 0 Å². The number of halogens is 1. The van der Waals surface area contributed by atoms with Gasteiger partial charge in [-0.3, -0.25) is 16.3 Å². The van der Waals surface area contributed by atoms with E-state index in [0.29, 0.717) is 0 Å². The highest BCUT2D eigenvalue weighted by Gasteiger charge is 2.16. The number of hydrazine groups is 1. The summed E-state index contributed by atoms with van der Waals surface area (Å²) in [6, 6.07) is 12.6. The topological polar surface area (TPSA) is 50.9 Å². The Labute approximate surface area is 135 Å². The van der Waals surface area contributed by atoms with Crippen molar-refractivity contribution in [2.75, 3.05) is 0 Å². The first kappa shape index (κ1) is 16.1. The number of nitrogens with one attached hydrogen (secondary N) is 1. The van der Waals surface area contributed by atoms with E-state index in [1.54, 1.807) is 6.20 Å². The van der Waals surface area contributed by atoms with Gasteiger partial charge in [0.05, 0.1) is 11.7 Å². The van der Waals surface area contributed by atoms with Gasteiger partial charge in [0, 0.05) is 10.7 Å². The third-order valence-electron chi connectivity index (χ3n) is 3.58. The van der Waals surface area contributed by atoms with Crippen LogP contribution < -0.4 is 11.3 Å². The summed E-state index contributed by atoms with van der Waals surface area (Å²) in [6.07, 6.45) is 2.59. The third-order valence-corrected chi connectivity index (χ3v) is 4.25. The Bertz CT molecular complexity index is 588. The van der Waals surface area contributed by atoms with E-state index in [9.17, 15) is 0 Å². The van der Waals surface area contributed by atoms with Gasteiger partial charge in [-0.25, -0.2) is 0 Å². The van der Waals surface area contributed by atoms with Crippen molar-refractivity contribution >= 4 is 15.9 Å². The number of pyridine rings is 1. The minimum atomic E-state index is -0.0129. The van der Waals surface area contributed by atoms with Gasteiger partial charge in [0.15, 0.2) is 0 Å². The Balaban J connectivity index is 2.18. The number of hydrogen-bond donors (Lipinski definition) is 2. The normalized spacial score (nSPS) is 13.2. The van der Waals surface area contributed by atoms with Crippen LogP contribution in [-0.4, -0.2) is 4.98 Å². The minimum absolute atomic E-state index is 0.0129. The molecule has 0 radical (unpaired) electrons. The fourth-order valence-electron chi connectivity index (χ4n) is 2.27. The van der Waals surface area contributed by atoms with E-state index in [2.05, 4.69) is 71.4 Å². The van der Waals surface area contributed by atoms with Crippen molar-refractivity contribution in [3.05, 3.63) is 63.9 Å². The van der Waals surface area contributed by atoms with Gasteiger partial charge in [0.1, 0.15) is 0 Å². The molecule has 1 aromatic carbocycles. The summed E-state index contributed by atoms with van der Waals surface area (Å²) in [5.74, 6) is 5.71. The van der Waals surface area contributed by atoms with E-state index in [4.69, 9.17) is 5.84 Å². The predicted molar refractivity (Wildman–Crippen MR) is 90.8 cm³/mol. The second-order valence-electron chi connectivity index (χ2n) is 6.24. The van der Waals surface area contributed by atoms with Crippen molar-refractivity contribution in [3.8, 4) is 0 Å². The number of nitrogens with two attached hydrogens (primary N) is 1. The molecule has 0 spiro atoms. The zero-order valence-corrected chi connectivity index (χ0v) is 14.3. The highest BCUT2D eigenvalue weighted by atomic mass is 79.9. The van der Waals surface area contributed by atoms with Crippen molar-refractivity contribution in [2.45, 2.75) is 38.6 Å². The largest absolute Gasteiger partial charge is 0.271 e. The van der Waals surface area contributed by atoms with Crippen molar-refractivity contribution in [1.82, 2.24) is 10.4 Å². The lowest BCUT2D eigenvalue weighted by atomic mass is 9.86. The molecule has 3 nitrogen and oxygen atoms in total. The number of nitrogens with zero attached hydrogens (tertiary/aromatic N) is 1. The molecule has 1 aromatic heterocycles. The number of hydrogen-bond acceptors (Lipinski definition) is 3. The molecule has 0 fully saturated rings. The lowest BCUT2D eigenvalue weighted by molar-refractivity contribution is 0.535. The van der Waals surface area contributed by atoms with Crippen LogP contribution in [0.25, 0.3) is 0 Å². The summed E-state index contributed by atoms with van der Waals surface area (Å²) in [6.45, 7) is 6.66. The molecule has 4 heteroatoms. The number of rotatable bonds is 4. The first-order chi connectivity index (χ1) is 9.91. The average Bonchev–Trinajstić information content (AvgIpc) is 2.45. The van der Waals surface area contributed by atoms with Crippen molar-refractivity contribution in [1.29, 1.82) is 0 Å². The molecule has 0 saturated carbocycles. The van der Waals surface area contributed by atoms with Crippen LogP contribution in [0.1, 0.15) is 43.6 Å². The van der Waals surface area contributed by atoms with Crippen LogP contribution in [0.2, 0.25) is 0 Å². The van der Waals surface area contributed by atoms with Gasteiger partial charge in [-0.2, -0.15) is 0 Å². The summed E-state index contributed by atoms with van der Waals surface area (Å²) in [5.41, 5.74) is 6.54. The van der Waals surface area contributed by atoms with Crippen molar-refractivity contribution < 1.29 is 0 Å². The minimum Gasteiger partial charge on any atom is -0.271 e. The fraction of sp³-hybridized carbons (Fsp3) is 0.353. The molecular weight excluding hydrogens is 326 g/mol. The van der Waals surface area contributed by atoms with E-state index < -0.39 is 0 Å². The molecule has 1 unspecified atom stereocenters. The van der Waals surface area contributed by atoms with Crippen molar-refractivity contribution in [3.63, 3.8) is 0 Å². The molecule has 0 aliphatic heterocycles. The van der Waals surface area contributed by atoms with E-state index in [1.807, 2.05) is 12.1 Å². The van der Waals surface area contributed by atoms with Gasteiger partial charge in [-0.05, 0) is 51.0 Å². The first-order valence-electron chi connectivity index (χ1n) is 7.08. The van der Waals surface area contributed by atoms with Crippen LogP contribution >= 0.6 is 15.9 Å². The Kier molecular flexibility index (Phi) is 5.14. The van der Waals surface area contributed by atoms with Gasteiger partial charge in [-0.15, -0.1) is 0 Å². The molecule has 0 aliphatic carbocycles. The highest BCUT2D eigenvalue weighted by molar-refractivity contribution is 9.10. The third kappa shape index (κ3) is 4.13. The summed E-state index contributed by atoms with van der Waals surface area (Å²) in [7, 11) is 0. The Morgan fingerprint density at radius 3 is 2.38 bits per heavy atom. The van der Waals surface area contributed by atoms with Crippen LogP contribution in [0.5, 0.6) is 0 Å². The monoisotopic (exact) mass is 347 g/mol. The zero-order valence-electron chi connectivity index (χ0n) is 12.7. The molecule has 0 saturated heterocycles. The van der Waals surface area contributed by atoms with E-state index in [-0.39, 0.29) is 11.5 Å². The van der Waals surface area contributed by atoms with Crippen LogP contribution in [0.15, 0.2) is 47.1 Å². The summed E-state index contributed by atoms with van der Waals surface area (Å²) in [4.78, 5) is 4.41. The van der Waals surface area contributed by atoms with E-state index in [0.717, 1.165) is 16.6 Å². The first-order valence-corrected chi connectivity index (χ1v) is 7.87. The molecule has 1 atom stereocenters. The highest BCUT2D eigenvalue weighted by Crippen LogP contribution is 2.26. The van der Waals surface area contributed by atoms with Gasteiger partial charge in [0.25, 0.3) is 0 Å². The van der Waals surface area contributed by atoms with Gasteiger partial charge in [0.2, 0.25) is 0 Å². The van der Waals surface area contributed by atoms with Gasteiger partial charge in [-0.1, -0.05) is 45.0 Å². The molecule has 0 aliphatic rings. The second kappa shape index (κ2) is 6.69. The molecule has 2 rings (SSSR count). The second-order valence-corrected chi connectivity index (χ2v) is 7.10. The van der Waals surface area contributed by atoms with Gasteiger partial charge >= 0.3 is 0 Å². The lowest BCUT2D eigenvalue weighted by Crippen LogP contribution is -2.30. The molecule has 21 heavy (non-hydrogen) atoms. The number of benzene rings is 1. The Morgan fingerprint density at radius 1 is 1.19 bits per heavy atom. The molecular formula is C17H22BrN3. The van der Waals surface area contributed by atoms with Gasteiger partial charge < -0.3 is 0 Å². The maximum Gasteiger partial charge on any atom is 0.0731 e. The Morgan fingerprint density at radius 2 is 1.86 bits per heavy atom. The predicted octanol–water partition coefficient (Wildman–Crippen LogP) is 3.89. The maximum atomic E-state index is 5.71. The smallest absolute Gasteiger partial charge is 0.0731 e. The van der Waals surface area contributed by atoms with Crippen LogP contribution in [-0.2, 0) is 11.8 Å². The standard InChI is InChI=1S/C17H22BrN3/c1-17(2,3)13-8-6-12(7-9-13)11-15(21-19)16-14(18)5-4-10-20-16/h4-10,15,21H,11,19H2,1-3H3. The maximum absolute atomic E-state index is 5.71. The summed E-state index contributed by atoms with van der Waals surface area (Å²) < 4.78 is 0.972. The molecule has 2 aromatic rings. The molecule has 3 N–H and O–H groups in total. The molecule has 112 valence electrons. The average molecular weight is 348 g/mol. The molecule has 0 amide bonds. The SMILES string of the molecule is CC(C)(C)c1ccc(CC(NN)c2ncccc2Br)cc1. The van der Waals surface area contributed by atoms with E-state index >= 15 is 0 Å². The van der Waals surface area contributed by atoms with Crippen LogP contribution in [0, 0.1) is 0 Å². The zero-order chi connectivity index (χ0) is 15.5. The quantitative estimate of drug-likeness (QED) is 0.651. The Hall–Kier alpha value is -1.23. The van der Waals surface area contributed by atoms with E-state index in [1.165, 1.54) is 11.1 Å². The lowest BCUT2D eigenvalue weighted by Gasteiger charge is -2.20.